The molecule has 116 valence electrons. The Morgan fingerprint density at radius 1 is 1.32 bits per heavy atom. The van der Waals surface area contributed by atoms with E-state index in [0.29, 0.717) is 11.7 Å². The second-order valence-electron chi connectivity index (χ2n) is 5.83. The second-order valence-corrected chi connectivity index (χ2v) is 5.83. The average molecular weight is 300 g/mol. The lowest BCUT2D eigenvalue weighted by Gasteiger charge is -2.31. The Morgan fingerprint density at radius 3 is 2.64 bits per heavy atom. The van der Waals surface area contributed by atoms with Crippen molar-refractivity contribution in [2.24, 2.45) is 0 Å². The van der Waals surface area contributed by atoms with E-state index in [1.165, 1.54) is 0 Å². The monoisotopic (exact) mass is 300 g/mol. The molecule has 0 radical (unpaired) electrons. The number of hydrogen-bond donors (Lipinski definition) is 0. The van der Waals surface area contributed by atoms with Crippen LogP contribution in [-0.2, 0) is 4.79 Å². The summed E-state index contributed by atoms with van der Waals surface area (Å²) in [4.78, 5) is 22.3. The predicted octanol–water partition coefficient (Wildman–Crippen LogP) is 2.47. The molecule has 1 aliphatic rings. The van der Waals surface area contributed by atoms with Crippen molar-refractivity contribution in [1.29, 1.82) is 0 Å². The molecule has 6 nitrogen and oxygen atoms in total. The summed E-state index contributed by atoms with van der Waals surface area (Å²) in [6.45, 7) is 6.96. The van der Waals surface area contributed by atoms with Crippen molar-refractivity contribution < 1.29 is 9.32 Å². The Bertz CT molecular complexity index is 687. The minimum atomic E-state index is 0.142. The number of likely N-dealkylation sites (tertiary alicyclic amines) is 1. The van der Waals surface area contributed by atoms with E-state index in [2.05, 4.69) is 15.1 Å². The lowest BCUT2D eigenvalue weighted by Crippen LogP contribution is -2.36. The fraction of sp³-hybridized carbons (Fsp3) is 0.500. The van der Waals surface area contributed by atoms with Crippen LogP contribution < -0.4 is 0 Å². The highest BCUT2D eigenvalue weighted by Crippen LogP contribution is 2.34. The van der Waals surface area contributed by atoms with E-state index in [4.69, 9.17) is 4.52 Å². The molecule has 0 unspecified atom stereocenters. The third-order valence-electron chi connectivity index (χ3n) is 4.16. The van der Waals surface area contributed by atoms with E-state index in [0.717, 1.165) is 48.7 Å². The summed E-state index contributed by atoms with van der Waals surface area (Å²) in [5.41, 5.74) is 2.76. The minimum Gasteiger partial charge on any atom is -0.356 e. The molecule has 0 N–H and O–H groups in total. The quantitative estimate of drug-likeness (QED) is 0.852. The van der Waals surface area contributed by atoms with Gasteiger partial charge in [-0.25, -0.2) is 9.97 Å². The van der Waals surface area contributed by atoms with E-state index in [1.807, 2.05) is 31.0 Å². The molecule has 0 spiro atoms. The van der Waals surface area contributed by atoms with Crippen LogP contribution in [0.5, 0.6) is 0 Å². The van der Waals surface area contributed by atoms with Crippen molar-refractivity contribution in [3.63, 3.8) is 0 Å². The zero-order chi connectivity index (χ0) is 15.7. The summed E-state index contributed by atoms with van der Waals surface area (Å²) in [5, 5.41) is 3.95. The van der Waals surface area contributed by atoms with Gasteiger partial charge in [-0.05, 0) is 26.7 Å². The topological polar surface area (TPSA) is 72.1 Å². The van der Waals surface area contributed by atoms with Gasteiger partial charge in [-0.2, -0.15) is 0 Å². The van der Waals surface area contributed by atoms with Gasteiger partial charge in [0, 0.05) is 38.2 Å². The first-order valence-corrected chi connectivity index (χ1v) is 7.57. The molecule has 1 saturated heterocycles. The molecule has 1 amide bonds. The maximum absolute atomic E-state index is 11.5. The van der Waals surface area contributed by atoms with Crippen LogP contribution >= 0.6 is 0 Å². The third kappa shape index (κ3) is 2.86. The second kappa shape index (κ2) is 5.87. The molecule has 1 aliphatic heterocycles. The molecule has 0 aromatic carbocycles. The first-order valence-electron chi connectivity index (χ1n) is 7.57. The van der Waals surface area contributed by atoms with Gasteiger partial charge in [-0.15, -0.1) is 0 Å². The van der Waals surface area contributed by atoms with Crippen LogP contribution in [0.2, 0.25) is 0 Å². The van der Waals surface area contributed by atoms with Crippen LogP contribution in [0.4, 0.5) is 0 Å². The van der Waals surface area contributed by atoms with Gasteiger partial charge in [-0.1, -0.05) is 5.16 Å². The molecule has 0 saturated carbocycles. The van der Waals surface area contributed by atoms with Gasteiger partial charge in [0.15, 0.2) is 5.76 Å². The fourth-order valence-electron chi connectivity index (χ4n) is 2.95. The van der Waals surface area contributed by atoms with Crippen molar-refractivity contribution >= 4 is 5.91 Å². The maximum atomic E-state index is 11.5. The van der Waals surface area contributed by atoms with Crippen molar-refractivity contribution in [2.45, 2.75) is 39.5 Å². The molecule has 0 bridgehead atoms. The molecule has 0 atom stereocenters. The van der Waals surface area contributed by atoms with Gasteiger partial charge in [0.1, 0.15) is 5.82 Å². The van der Waals surface area contributed by atoms with E-state index in [9.17, 15) is 4.79 Å². The Morgan fingerprint density at radius 2 is 2.05 bits per heavy atom. The van der Waals surface area contributed by atoms with E-state index >= 15 is 0 Å². The number of nitrogens with zero attached hydrogens (tertiary/aromatic N) is 4. The normalized spacial score (nSPS) is 16.0. The fourth-order valence-corrected chi connectivity index (χ4v) is 2.95. The molecule has 2 aromatic rings. The van der Waals surface area contributed by atoms with Crippen molar-refractivity contribution in [3.05, 3.63) is 29.5 Å². The molecule has 3 rings (SSSR count). The molecule has 0 aliphatic carbocycles. The molecule has 3 heterocycles. The van der Waals surface area contributed by atoms with E-state index < -0.39 is 0 Å². The van der Waals surface area contributed by atoms with Crippen molar-refractivity contribution in [3.8, 4) is 11.3 Å². The van der Waals surface area contributed by atoms with Crippen LogP contribution in [0.25, 0.3) is 11.3 Å². The lowest BCUT2D eigenvalue weighted by atomic mass is 9.90. The maximum Gasteiger partial charge on any atom is 0.219 e. The first-order chi connectivity index (χ1) is 10.5. The summed E-state index contributed by atoms with van der Waals surface area (Å²) >= 11 is 0. The van der Waals surface area contributed by atoms with E-state index in [1.54, 1.807) is 6.92 Å². The Kier molecular flexibility index (Phi) is 3.92. The highest BCUT2D eigenvalue weighted by atomic mass is 16.5. The van der Waals surface area contributed by atoms with Gasteiger partial charge in [-0.3, -0.25) is 4.79 Å². The number of carbonyl (C=O) groups is 1. The van der Waals surface area contributed by atoms with Crippen molar-refractivity contribution in [2.75, 3.05) is 13.1 Å². The molecular weight excluding hydrogens is 280 g/mol. The first kappa shape index (κ1) is 14.7. The molecule has 1 fully saturated rings. The molecule has 2 aromatic heterocycles. The average Bonchev–Trinajstić information content (AvgIpc) is 2.93. The summed E-state index contributed by atoms with van der Waals surface area (Å²) in [6, 6.07) is 1.90. The largest absolute Gasteiger partial charge is 0.356 e. The number of hydrogen-bond acceptors (Lipinski definition) is 5. The van der Waals surface area contributed by atoms with Crippen LogP contribution in [0.1, 0.15) is 42.9 Å². The summed E-state index contributed by atoms with van der Waals surface area (Å²) in [7, 11) is 0. The van der Waals surface area contributed by atoms with Crippen LogP contribution in [0.3, 0.4) is 0 Å². The lowest BCUT2D eigenvalue weighted by molar-refractivity contribution is -0.129. The standard InChI is InChI=1S/C16H20N4O2/c1-10-8-15(22-19-10)14-9-17-11(2)18-16(14)13-4-6-20(7-5-13)12(3)21/h8-9,13H,4-7H2,1-3H3. The summed E-state index contributed by atoms with van der Waals surface area (Å²) in [6.07, 6.45) is 3.64. The van der Waals surface area contributed by atoms with E-state index in [-0.39, 0.29) is 5.91 Å². The van der Waals surface area contributed by atoms with Crippen LogP contribution in [0, 0.1) is 13.8 Å². The number of aryl methyl sites for hydroxylation is 2. The van der Waals surface area contributed by atoms with Crippen molar-refractivity contribution in [1.82, 2.24) is 20.0 Å². The molecule has 22 heavy (non-hydrogen) atoms. The number of aromatic nitrogens is 3. The number of carbonyl (C=O) groups excluding carboxylic acids is 1. The zero-order valence-corrected chi connectivity index (χ0v) is 13.2. The molecule has 6 heteroatoms. The van der Waals surface area contributed by atoms with Crippen LogP contribution in [0.15, 0.2) is 16.8 Å². The van der Waals surface area contributed by atoms with Gasteiger partial charge in [0.2, 0.25) is 5.91 Å². The number of rotatable bonds is 2. The number of piperidine rings is 1. The Hall–Kier alpha value is -2.24. The number of amides is 1. The highest BCUT2D eigenvalue weighted by Gasteiger charge is 2.26. The Balaban J connectivity index is 1.90. The zero-order valence-electron chi connectivity index (χ0n) is 13.2. The molecular formula is C16H20N4O2. The summed E-state index contributed by atoms with van der Waals surface area (Å²) < 4.78 is 5.39. The van der Waals surface area contributed by atoms with Gasteiger partial charge < -0.3 is 9.42 Å². The predicted molar refractivity (Wildman–Crippen MR) is 81.2 cm³/mol. The smallest absolute Gasteiger partial charge is 0.219 e. The summed E-state index contributed by atoms with van der Waals surface area (Å²) in [5.74, 6) is 1.92. The minimum absolute atomic E-state index is 0.142. The third-order valence-corrected chi connectivity index (χ3v) is 4.16. The SMILES string of the molecule is CC(=O)N1CCC(c2nc(C)ncc2-c2cc(C)no2)CC1. The van der Waals surface area contributed by atoms with Gasteiger partial charge in [0.05, 0.1) is 17.0 Å². The van der Waals surface area contributed by atoms with Crippen LogP contribution in [-0.4, -0.2) is 39.0 Å². The Labute approximate surface area is 129 Å². The van der Waals surface area contributed by atoms with Gasteiger partial charge >= 0.3 is 0 Å². The highest BCUT2D eigenvalue weighted by molar-refractivity contribution is 5.73. The van der Waals surface area contributed by atoms with Gasteiger partial charge in [0.25, 0.3) is 0 Å².